The molecule has 114 valence electrons. The second-order valence-corrected chi connectivity index (χ2v) is 6.63. The Morgan fingerprint density at radius 3 is 2.00 bits per heavy atom. The molecule has 0 spiro atoms. The maximum absolute atomic E-state index is 5.66. The zero-order chi connectivity index (χ0) is 15.8. The minimum Gasteiger partial charge on any atom is -0.495 e. The van der Waals surface area contributed by atoms with Gasteiger partial charge in [0.05, 0.1) is 24.2 Å². The molecule has 2 nitrogen and oxygen atoms in total. The topological polar surface area (TPSA) is 12.5 Å². The summed E-state index contributed by atoms with van der Waals surface area (Å²) in [6.07, 6.45) is 0. The highest BCUT2D eigenvalue weighted by Crippen LogP contribution is 2.52. The van der Waals surface area contributed by atoms with Crippen molar-refractivity contribution >= 4 is 28.8 Å². The molecule has 3 aromatic rings. The van der Waals surface area contributed by atoms with Gasteiger partial charge in [-0.3, -0.25) is 0 Å². The minimum absolute atomic E-state index is 0.890. The highest BCUT2D eigenvalue weighted by atomic mass is 32.2. The number of para-hydroxylation sites is 2. The van der Waals surface area contributed by atoms with Gasteiger partial charge in [-0.05, 0) is 48.9 Å². The zero-order valence-electron chi connectivity index (χ0n) is 13.1. The van der Waals surface area contributed by atoms with Crippen LogP contribution in [0.25, 0.3) is 0 Å². The van der Waals surface area contributed by atoms with Crippen LogP contribution in [-0.4, -0.2) is 7.11 Å². The van der Waals surface area contributed by atoms with E-state index in [0.29, 0.717) is 0 Å². The molecule has 0 atom stereocenters. The lowest BCUT2D eigenvalue weighted by atomic mass is 10.1. The van der Waals surface area contributed by atoms with E-state index in [0.717, 1.165) is 11.4 Å². The number of benzene rings is 3. The predicted molar refractivity (Wildman–Crippen MR) is 96.5 cm³/mol. The van der Waals surface area contributed by atoms with Crippen molar-refractivity contribution in [1.82, 2.24) is 0 Å². The number of anilines is 3. The smallest absolute Gasteiger partial charge is 0.143 e. The quantitative estimate of drug-likeness (QED) is 0.454. The number of hydrogen-bond donors (Lipinski definition) is 0. The maximum Gasteiger partial charge on any atom is 0.143 e. The lowest BCUT2D eigenvalue weighted by Crippen LogP contribution is -2.15. The molecule has 0 unspecified atom stereocenters. The Bertz CT molecular complexity index is 830. The maximum atomic E-state index is 5.66. The molecule has 0 N–H and O–H groups in total. The van der Waals surface area contributed by atoms with E-state index < -0.39 is 0 Å². The second-order valence-electron chi connectivity index (χ2n) is 5.55. The standard InChI is InChI=1S/C20H17NOS/c1-14-11-12-15(18(13-14)22-2)21-16-7-3-5-9-19(16)23-20-10-6-4-8-17(20)21/h3-13H,1-2H3. The summed E-state index contributed by atoms with van der Waals surface area (Å²) in [5.41, 5.74) is 4.65. The average Bonchev–Trinajstić information content (AvgIpc) is 2.60. The van der Waals surface area contributed by atoms with Crippen molar-refractivity contribution in [2.75, 3.05) is 12.0 Å². The van der Waals surface area contributed by atoms with Gasteiger partial charge in [-0.15, -0.1) is 0 Å². The summed E-state index contributed by atoms with van der Waals surface area (Å²) in [6, 6.07) is 23.4. The summed E-state index contributed by atoms with van der Waals surface area (Å²) >= 11 is 1.82. The van der Waals surface area contributed by atoms with Crippen LogP contribution in [0.15, 0.2) is 76.5 Å². The van der Waals surface area contributed by atoms with Crippen molar-refractivity contribution in [3.05, 3.63) is 72.3 Å². The van der Waals surface area contributed by atoms with Crippen molar-refractivity contribution in [2.24, 2.45) is 0 Å². The molecule has 0 amide bonds. The summed E-state index contributed by atoms with van der Waals surface area (Å²) < 4.78 is 5.66. The number of fused-ring (bicyclic) bond motifs is 2. The third-order valence-corrected chi connectivity index (χ3v) is 5.14. The largest absolute Gasteiger partial charge is 0.495 e. The first-order valence-corrected chi connectivity index (χ1v) is 8.40. The Kier molecular flexibility index (Phi) is 3.50. The molecule has 0 saturated heterocycles. The van der Waals surface area contributed by atoms with Crippen molar-refractivity contribution in [3.63, 3.8) is 0 Å². The van der Waals surface area contributed by atoms with Crippen LogP contribution < -0.4 is 9.64 Å². The van der Waals surface area contributed by atoms with Crippen LogP contribution in [0.1, 0.15) is 5.56 Å². The van der Waals surface area contributed by atoms with Crippen LogP contribution >= 0.6 is 11.8 Å². The molecule has 1 aliphatic heterocycles. The number of hydrogen-bond acceptors (Lipinski definition) is 3. The van der Waals surface area contributed by atoms with E-state index in [2.05, 4.69) is 78.6 Å². The molecule has 0 aliphatic carbocycles. The van der Waals surface area contributed by atoms with Crippen LogP contribution in [0.3, 0.4) is 0 Å². The molecule has 0 bridgehead atoms. The van der Waals surface area contributed by atoms with Gasteiger partial charge in [0.15, 0.2) is 0 Å². The minimum atomic E-state index is 0.890. The predicted octanol–water partition coefficient (Wildman–Crippen LogP) is 5.94. The lowest BCUT2D eigenvalue weighted by molar-refractivity contribution is 0.415. The van der Waals surface area contributed by atoms with Crippen LogP contribution in [0, 0.1) is 6.92 Å². The number of methoxy groups -OCH3 is 1. The normalized spacial score (nSPS) is 12.5. The molecule has 3 aromatic carbocycles. The third-order valence-electron chi connectivity index (χ3n) is 4.01. The summed E-state index contributed by atoms with van der Waals surface area (Å²) in [6.45, 7) is 2.08. The van der Waals surface area contributed by atoms with E-state index in [1.54, 1.807) is 7.11 Å². The molecule has 0 saturated carbocycles. The van der Waals surface area contributed by atoms with Crippen LogP contribution in [0.2, 0.25) is 0 Å². The monoisotopic (exact) mass is 319 g/mol. The van der Waals surface area contributed by atoms with Gasteiger partial charge in [0.25, 0.3) is 0 Å². The average molecular weight is 319 g/mol. The molecule has 0 aromatic heterocycles. The van der Waals surface area contributed by atoms with Crippen LogP contribution in [0.5, 0.6) is 5.75 Å². The Labute approximate surface area is 140 Å². The molecule has 1 heterocycles. The number of nitrogens with zero attached hydrogens (tertiary/aromatic N) is 1. The lowest BCUT2D eigenvalue weighted by Gasteiger charge is -2.33. The molecule has 1 aliphatic rings. The Morgan fingerprint density at radius 2 is 1.39 bits per heavy atom. The molecule has 3 heteroatoms. The Morgan fingerprint density at radius 1 is 0.783 bits per heavy atom. The van der Waals surface area contributed by atoms with E-state index in [4.69, 9.17) is 4.74 Å². The zero-order valence-corrected chi connectivity index (χ0v) is 13.9. The highest BCUT2D eigenvalue weighted by Gasteiger charge is 2.26. The molecule has 4 rings (SSSR count). The first-order valence-electron chi connectivity index (χ1n) is 7.58. The first-order chi connectivity index (χ1) is 11.3. The van der Waals surface area contributed by atoms with Crippen LogP contribution in [-0.2, 0) is 0 Å². The first kappa shape index (κ1) is 14.2. The molecule has 23 heavy (non-hydrogen) atoms. The van der Waals surface area contributed by atoms with Gasteiger partial charge in [0.1, 0.15) is 5.75 Å². The van der Waals surface area contributed by atoms with E-state index >= 15 is 0 Å². The third kappa shape index (κ3) is 2.37. The fourth-order valence-electron chi connectivity index (χ4n) is 2.93. The van der Waals surface area contributed by atoms with Gasteiger partial charge in [-0.1, -0.05) is 42.1 Å². The number of aryl methyl sites for hydroxylation is 1. The molecule has 0 radical (unpaired) electrons. The molecular weight excluding hydrogens is 302 g/mol. The van der Waals surface area contributed by atoms with E-state index in [1.807, 2.05) is 11.8 Å². The van der Waals surface area contributed by atoms with E-state index in [9.17, 15) is 0 Å². The fraction of sp³-hybridized carbons (Fsp3) is 0.100. The van der Waals surface area contributed by atoms with Crippen molar-refractivity contribution in [3.8, 4) is 5.75 Å². The second kappa shape index (κ2) is 5.67. The van der Waals surface area contributed by atoms with Gasteiger partial charge >= 0.3 is 0 Å². The summed E-state index contributed by atoms with van der Waals surface area (Å²) in [7, 11) is 1.73. The SMILES string of the molecule is COc1cc(C)ccc1N1c2ccccc2Sc2ccccc21. The Hall–Kier alpha value is -2.39. The Balaban J connectivity index is 1.98. The van der Waals surface area contributed by atoms with Gasteiger partial charge in [-0.2, -0.15) is 0 Å². The number of rotatable bonds is 2. The van der Waals surface area contributed by atoms with Gasteiger partial charge in [0.2, 0.25) is 0 Å². The van der Waals surface area contributed by atoms with Crippen molar-refractivity contribution < 1.29 is 4.74 Å². The summed E-state index contributed by atoms with van der Waals surface area (Å²) in [4.78, 5) is 4.81. The van der Waals surface area contributed by atoms with Crippen LogP contribution in [0.4, 0.5) is 17.1 Å². The fourth-order valence-corrected chi connectivity index (χ4v) is 3.99. The highest BCUT2D eigenvalue weighted by molar-refractivity contribution is 7.99. The van der Waals surface area contributed by atoms with Crippen molar-refractivity contribution in [2.45, 2.75) is 16.7 Å². The van der Waals surface area contributed by atoms with E-state index in [1.165, 1.54) is 26.7 Å². The van der Waals surface area contributed by atoms with Gasteiger partial charge < -0.3 is 9.64 Å². The van der Waals surface area contributed by atoms with Gasteiger partial charge in [-0.25, -0.2) is 0 Å². The number of ether oxygens (including phenoxy) is 1. The van der Waals surface area contributed by atoms with Gasteiger partial charge in [0, 0.05) is 9.79 Å². The molecule has 0 fully saturated rings. The summed E-state index contributed by atoms with van der Waals surface area (Å²) in [5.74, 6) is 0.890. The van der Waals surface area contributed by atoms with E-state index in [-0.39, 0.29) is 0 Å². The van der Waals surface area contributed by atoms with Crippen molar-refractivity contribution in [1.29, 1.82) is 0 Å². The molecular formula is C20H17NOS. The summed E-state index contributed by atoms with van der Waals surface area (Å²) in [5, 5.41) is 0.